The Morgan fingerprint density at radius 1 is 1.10 bits per heavy atom. The Kier molecular flexibility index (Phi) is 7.10. The zero-order valence-corrected chi connectivity index (χ0v) is 17.9. The summed E-state index contributed by atoms with van der Waals surface area (Å²) >= 11 is 0. The second-order valence-corrected chi connectivity index (χ2v) is 9.25. The highest BCUT2D eigenvalue weighted by Gasteiger charge is 2.11. The molecule has 2 aromatic carbocycles. The third-order valence-electron chi connectivity index (χ3n) is 4.48. The summed E-state index contributed by atoms with van der Waals surface area (Å²) in [6, 6.07) is 14.0. The average Bonchev–Trinajstić information content (AvgIpc) is 3.09. The second-order valence-electron chi connectivity index (χ2n) is 7.11. The van der Waals surface area contributed by atoms with Gasteiger partial charge in [0.1, 0.15) is 17.2 Å². The molecule has 3 aromatic rings. The molecule has 0 aliphatic carbocycles. The minimum Gasteiger partial charge on any atom is -0.461 e. The summed E-state index contributed by atoms with van der Waals surface area (Å²) < 4.78 is 42.8. The van der Waals surface area contributed by atoms with Crippen LogP contribution in [0.5, 0.6) is 0 Å². The molecule has 2 N–H and O–H groups in total. The molecule has 0 atom stereocenters. The van der Waals surface area contributed by atoms with Gasteiger partial charge in [-0.3, -0.25) is 0 Å². The molecule has 1 heterocycles. The number of nitrogens with zero attached hydrogens (tertiary/aromatic N) is 1. The number of fused-ring (bicyclic) bond motifs is 1. The fourth-order valence-electron chi connectivity index (χ4n) is 3.14. The SMILES string of the molecule is CCNC(=NCc1cc(F)ccc1CS(C)(=O)=O)NCCc1cc2ccccc2o1. The first kappa shape index (κ1) is 21.8. The summed E-state index contributed by atoms with van der Waals surface area (Å²) in [5.41, 5.74) is 1.97. The van der Waals surface area contributed by atoms with Gasteiger partial charge in [-0.1, -0.05) is 24.3 Å². The lowest BCUT2D eigenvalue weighted by atomic mass is 10.1. The van der Waals surface area contributed by atoms with Gasteiger partial charge in [0.15, 0.2) is 15.8 Å². The first-order valence-electron chi connectivity index (χ1n) is 9.78. The van der Waals surface area contributed by atoms with Crippen LogP contribution in [0.4, 0.5) is 4.39 Å². The molecule has 0 unspecified atom stereocenters. The molecule has 8 heteroatoms. The van der Waals surface area contributed by atoms with Crippen LogP contribution in [0.1, 0.15) is 23.8 Å². The number of hydrogen-bond acceptors (Lipinski definition) is 4. The van der Waals surface area contributed by atoms with Crippen LogP contribution in [-0.4, -0.2) is 33.7 Å². The van der Waals surface area contributed by atoms with Crippen LogP contribution in [0, 0.1) is 5.82 Å². The summed E-state index contributed by atoms with van der Waals surface area (Å²) in [5, 5.41) is 7.44. The molecule has 0 amide bonds. The third-order valence-corrected chi connectivity index (χ3v) is 5.31. The quantitative estimate of drug-likeness (QED) is 0.422. The third kappa shape index (κ3) is 6.32. The van der Waals surface area contributed by atoms with Gasteiger partial charge in [-0.05, 0) is 42.3 Å². The lowest BCUT2D eigenvalue weighted by molar-refractivity contribution is 0.544. The summed E-state index contributed by atoms with van der Waals surface area (Å²) in [6.07, 6.45) is 1.84. The van der Waals surface area contributed by atoms with Crippen LogP contribution in [0.25, 0.3) is 11.0 Å². The minimum absolute atomic E-state index is 0.145. The maximum absolute atomic E-state index is 13.7. The predicted octanol–water partition coefficient (Wildman–Crippen LogP) is 3.41. The van der Waals surface area contributed by atoms with Gasteiger partial charge < -0.3 is 15.1 Å². The number of furan rings is 1. The maximum Gasteiger partial charge on any atom is 0.191 e. The molecule has 0 aliphatic rings. The first-order valence-corrected chi connectivity index (χ1v) is 11.8. The monoisotopic (exact) mass is 431 g/mol. The fourth-order valence-corrected chi connectivity index (χ4v) is 3.98. The normalized spacial score (nSPS) is 12.3. The van der Waals surface area contributed by atoms with E-state index in [1.807, 2.05) is 37.3 Å². The van der Waals surface area contributed by atoms with Crippen molar-refractivity contribution in [3.63, 3.8) is 0 Å². The summed E-state index contributed by atoms with van der Waals surface area (Å²) in [5.74, 6) is 0.886. The van der Waals surface area contributed by atoms with E-state index in [2.05, 4.69) is 15.6 Å². The highest BCUT2D eigenvalue weighted by atomic mass is 32.2. The van der Waals surface area contributed by atoms with Gasteiger partial charge in [0.05, 0.1) is 12.3 Å². The van der Waals surface area contributed by atoms with Crippen LogP contribution in [0.3, 0.4) is 0 Å². The Bertz CT molecular complexity index is 1110. The van der Waals surface area contributed by atoms with Gasteiger partial charge in [0, 0.05) is 31.2 Å². The van der Waals surface area contributed by atoms with E-state index >= 15 is 0 Å². The smallest absolute Gasteiger partial charge is 0.191 e. The van der Waals surface area contributed by atoms with Crippen molar-refractivity contribution in [3.8, 4) is 0 Å². The van der Waals surface area contributed by atoms with Crippen LogP contribution < -0.4 is 10.6 Å². The molecule has 0 spiro atoms. The van der Waals surface area contributed by atoms with Crippen LogP contribution in [0.15, 0.2) is 57.9 Å². The zero-order valence-electron chi connectivity index (χ0n) is 17.1. The molecule has 0 bridgehead atoms. The van der Waals surface area contributed by atoms with E-state index in [-0.39, 0.29) is 12.3 Å². The number of para-hydroxylation sites is 1. The molecule has 1 aromatic heterocycles. The minimum atomic E-state index is -3.23. The Morgan fingerprint density at radius 2 is 1.90 bits per heavy atom. The first-order chi connectivity index (χ1) is 14.3. The number of benzene rings is 2. The fraction of sp³-hybridized carbons (Fsp3) is 0.318. The van der Waals surface area contributed by atoms with E-state index in [9.17, 15) is 12.8 Å². The van der Waals surface area contributed by atoms with Crippen molar-refractivity contribution >= 4 is 26.8 Å². The number of nitrogens with one attached hydrogen (secondary N) is 2. The van der Waals surface area contributed by atoms with Gasteiger partial charge in [0.25, 0.3) is 0 Å². The summed E-state index contributed by atoms with van der Waals surface area (Å²) in [7, 11) is -3.23. The van der Waals surface area contributed by atoms with Crippen molar-refractivity contribution in [2.45, 2.75) is 25.6 Å². The number of hydrogen-bond donors (Lipinski definition) is 2. The summed E-state index contributed by atoms with van der Waals surface area (Å²) in [6.45, 7) is 3.39. The van der Waals surface area contributed by atoms with Gasteiger partial charge in [-0.2, -0.15) is 0 Å². The topological polar surface area (TPSA) is 83.7 Å². The van der Waals surface area contributed by atoms with E-state index < -0.39 is 15.7 Å². The predicted molar refractivity (Wildman–Crippen MR) is 118 cm³/mol. The number of aliphatic imine (C=N–C) groups is 1. The molecule has 3 rings (SSSR count). The number of rotatable bonds is 8. The molecule has 0 radical (unpaired) electrons. The van der Waals surface area contributed by atoms with E-state index in [0.717, 1.165) is 23.0 Å². The molecule has 160 valence electrons. The Morgan fingerprint density at radius 3 is 2.63 bits per heavy atom. The van der Waals surface area contributed by atoms with Crippen LogP contribution in [0.2, 0.25) is 0 Å². The van der Waals surface area contributed by atoms with Crippen molar-refractivity contribution in [1.29, 1.82) is 0 Å². The Hall–Kier alpha value is -2.87. The summed E-state index contributed by atoms with van der Waals surface area (Å²) in [4.78, 5) is 4.49. The van der Waals surface area contributed by atoms with Crippen LogP contribution >= 0.6 is 0 Å². The number of guanidine groups is 1. The molecule has 6 nitrogen and oxygen atoms in total. The number of sulfone groups is 1. The molecule has 30 heavy (non-hydrogen) atoms. The van der Waals surface area contributed by atoms with Crippen molar-refractivity contribution in [3.05, 3.63) is 71.2 Å². The largest absolute Gasteiger partial charge is 0.461 e. The lowest BCUT2D eigenvalue weighted by Gasteiger charge is -2.12. The van der Waals surface area contributed by atoms with Crippen molar-refractivity contribution in [1.82, 2.24) is 10.6 Å². The Labute approximate surface area is 176 Å². The molecule has 0 saturated heterocycles. The highest BCUT2D eigenvalue weighted by Crippen LogP contribution is 2.19. The van der Waals surface area contributed by atoms with E-state index in [1.54, 1.807) is 0 Å². The average molecular weight is 432 g/mol. The van der Waals surface area contributed by atoms with Gasteiger partial charge in [-0.15, -0.1) is 0 Å². The molecular formula is C22H26FN3O3S. The molecule has 0 saturated carbocycles. The highest BCUT2D eigenvalue weighted by molar-refractivity contribution is 7.89. The molecular weight excluding hydrogens is 405 g/mol. The second kappa shape index (κ2) is 9.75. The van der Waals surface area contributed by atoms with E-state index in [4.69, 9.17) is 4.42 Å². The lowest BCUT2D eigenvalue weighted by Crippen LogP contribution is -2.38. The van der Waals surface area contributed by atoms with E-state index in [0.29, 0.717) is 36.6 Å². The van der Waals surface area contributed by atoms with Gasteiger partial charge in [-0.25, -0.2) is 17.8 Å². The van der Waals surface area contributed by atoms with Gasteiger partial charge in [0.2, 0.25) is 0 Å². The van der Waals surface area contributed by atoms with E-state index in [1.165, 1.54) is 18.2 Å². The van der Waals surface area contributed by atoms with Crippen molar-refractivity contribution in [2.24, 2.45) is 4.99 Å². The zero-order chi connectivity index (χ0) is 21.6. The van der Waals surface area contributed by atoms with Crippen LogP contribution in [-0.2, 0) is 28.6 Å². The molecule has 0 fully saturated rings. The van der Waals surface area contributed by atoms with Crippen molar-refractivity contribution in [2.75, 3.05) is 19.3 Å². The van der Waals surface area contributed by atoms with Gasteiger partial charge >= 0.3 is 0 Å². The molecule has 0 aliphatic heterocycles. The van der Waals surface area contributed by atoms with Crippen molar-refractivity contribution < 1.29 is 17.2 Å². The maximum atomic E-state index is 13.7. The Balaban J connectivity index is 1.66. The number of halogens is 1. The standard InChI is InChI=1S/C22H26FN3O3S/c1-3-24-22(25-11-10-20-13-16-6-4-5-7-21(16)29-20)26-14-18-12-19(23)9-8-17(18)15-30(2,27)28/h4-9,12-13H,3,10-11,14-15H2,1-2H3,(H2,24,25,26).